The van der Waals surface area contributed by atoms with Crippen molar-refractivity contribution in [2.75, 3.05) is 32.2 Å². The number of carbonyl (C=O) groups is 1. The summed E-state index contributed by atoms with van der Waals surface area (Å²) in [6.45, 7) is 3.29. The number of rotatable bonds is 8. The molecule has 128 valence electrons. The van der Waals surface area contributed by atoms with Gasteiger partial charge in [0, 0.05) is 11.8 Å². The maximum Gasteiger partial charge on any atom is 0.319 e. The lowest BCUT2D eigenvalue weighted by Crippen LogP contribution is -2.32. The number of hydrogen-bond acceptors (Lipinski definition) is 4. The molecule has 6 heteroatoms. The molecule has 6 nitrogen and oxygen atoms in total. The highest BCUT2D eigenvalue weighted by Crippen LogP contribution is 2.18. The van der Waals surface area contributed by atoms with E-state index in [0.29, 0.717) is 31.2 Å². The Labute approximate surface area is 141 Å². The molecule has 24 heavy (non-hydrogen) atoms. The Morgan fingerprint density at radius 1 is 1.00 bits per heavy atom. The minimum Gasteiger partial charge on any atom is -0.497 e. The van der Waals surface area contributed by atoms with Gasteiger partial charge in [-0.2, -0.15) is 0 Å². The van der Waals surface area contributed by atoms with Crippen LogP contribution in [-0.2, 0) is 0 Å². The summed E-state index contributed by atoms with van der Waals surface area (Å²) in [5.74, 6) is 2.20. The summed E-state index contributed by atoms with van der Waals surface area (Å²) < 4.78 is 16.0. The van der Waals surface area contributed by atoms with Crippen LogP contribution in [0.15, 0.2) is 48.5 Å². The van der Waals surface area contributed by atoms with Crippen molar-refractivity contribution in [3.8, 4) is 17.2 Å². The fourth-order valence-electron chi connectivity index (χ4n) is 2.00. The fourth-order valence-corrected chi connectivity index (χ4v) is 2.00. The Morgan fingerprint density at radius 3 is 2.46 bits per heavy atom. The van der Waals surface area contributed by atoms with Gasteiger partial charge in [-0.3, -0.25) is 0 Å². The van der Waals surface area contributed by atoms with Gasteiger partial charge in [0.1, 0.15) is 23.9 Å². The summed E-state index contributed by atoms with van der Waals surface area (Å²) >= 11 is 0. The van der Waals surface area contributed by atoms with Crippen LogP contribution in [0.5, 0.6) is 17.2 Å². The Hall–Kier alpha value is -2.89. The normalized spacial score (nSPS) is 9.92. The molecule has 2 rings (SSSR count). The molecule has 0 bridgehead atoms. The first kappa shape index (κ1) is 17.5. The lowest BCUT2D eigenvalue weighted by molar-refractivity contribution is 0.247. The van der Waals surface area contributed by atoms with Gasteiger partial charge >= 0.3 is 6.03 Å². The highest BCUT2D eigenvalue weighted by Gasteiger charge is 2.02. The molecule has 2 amide bonds. The third-order valence-electron chi connectivity index (χ3n) is 3.12. The number of ether oxygens (including phenoxy) is 3. The molecule has 2 aromatic rings. The van der Waals surface area contributed by atoms with E-state index in [0.717, 1.165) is 11.5 Å². The highest BCUT2D eigenvalue weighted by atomic mass is 16.5. The van der Waals surface area contributed by atoms with Gasteiger partial charge in [0.25, 0.3) is 0 Å². The van der Waals surface area contributed by atoms with E-state index in [1.54, 1.807) is 25.3 Å². The topological polar surface area (TPSA) is 68.8 Å². The molecule has 0 heterocycles. The van der Waals surface area contributed by atoms with Crippen molar-refractivity contribution in [2.24, 2.45) is 0 Å². The van der Waals surface area contributed by atoms with E-state index >= 15 is 0 Å². The number of anilines is 1. The third kappa shape index (κ3) is 5.72. The van der Waals surface area contributed by atoms with Crippen molar-refractivity contribution < 1.29 is 19.0 Å². The average Bonchev–Trinajstić information content (AvgIpc) is 2.61. The Balaban J connectivity index is 1.69. The van der Waals surface area contributed by atoms with Crippen molar-refractivity contribution >= 4 is 11.7 Å². The molecule has 0 aliphatic heterocycles. The highest BCUT2D eigenvalue weighted by molar-refractivity contribution is 5.89. The number of nitrogens with one attached hydrogen (secondary N) is 2. The zero-order valence-corrected chi connectivity index (χ0v) is 13.9. The second-order valence-electron chi connectivity index (χ2n) is 4.87. The molecule has 0 atom stereocenters. The van der Waals surface area contributed by atoms with Crippen molar-refractivity contribution in [2.45, 2.75) is 6.92 Å². The van der Waals surface area contributed by atoms with Gasteiger partial charge in [0.15, 0.2) is 0 Å². The first-order valence-electron chi connectivity index (χ1n) is 7.76. The molecular formula is C18H22N2O4. The summed E-state index contributed by atoms with van der Waals surface area (Å²) in [7, 11) is 1.60. The van der Waals surface area contributed by atoms with Gasteiger partial charge in [-0.1, -0.05) is 6.07 Å². The van der Waals surface area contributed by atoms with Crippen LogP contribution in [0.1, 0.15) is 6.92 Å². The molecular weight excluding hydrogens is 308 g/mol. The lowest BCUT2D eigenvalue weighted by atomic mass is 10.3. The summed E-state index contributed by atoms with van der Waals surface area (Å²) in [6.07, 6.45) is 0. The Morgan fingerprint density at radius 2 is 1.75 bits per heavy atom. The van der Waals surface area contributed by atoms with Gasteiger partial charge in [-0.05, 0) is 43.3 Å². The van der Waals surface area contributed by atoms with Crippen molar-refractivity contribution in [1.82, 2.24) is 5.32 Å². The van der Waals surface area contributed by atoms with Crippen LogP contribution in [0, 0.1) is 0 Å². The third-order valence-corrected chi connectivity index (χ3v) is 3.12. The van der Waals surface area contributed by atoms with E-state index in [1.807, 2.05) is 37.3 Å². The predicted molar refractivity (Wildman–Crippen MR) is 93.1 cm³/mol. The lowest BCUT2D eigenvalue weighted by Gasteiger charge is -2.10. The summed E-state index contributed by atoms with van der Waals surface area (Å²) in [6, 6.07) is 14.2. The standard InChI is InChI=1S/C18H22N2O4/c1-3-23-15-9-7-14(8-10-15)20-18(21)19-11-12-24-17-6-4-5-16(13-17)22-2/h4-10,13H,3,11-12H2,1-2H3,(H2,19,20,21). The fraction of sp³-hybridized carbons (Fsp3) is 0.278. The molecule has 0 aliphatic rings. The smallest absolute Gasteiger partial charge is 0.319 e. The monoisotopic (exact) mass is 330 g/mol. The zero-order chi connectivity index (χ0) is 17.2. The van der Waals surface area contributed by atoms with E-state index in [1.165, 1.54) is 0 Å². The molecule has 0 radical (unpaired) electrons. The number of methoxy groups -OCH3 is 1. The van der Waals surface area contributed by atoms with E-state index in [9.17, 15) is 4.79 Å². The SMILES string of the molecule is CCOc1ccc(NC(=O)NCCOc2cccc(OC)c2)cc1. The van der Waals surface area contributed by atoms with Gasteiger partial charge < -0.3 is 24.8 Å². The molecule has 0 aliphatic carbocycles. The number of amides is 2. The van der Waals surface area contributed by atoms with Crippen molar-refractivity contribution in [3.63, 3.8) is 0 Å². The maximum absolute atomic E-state index is 11.8. The number of carbonyl (C=O) groups excluding carboxylic acids is 1. The Kier molecular flexibility index (Phi) is 6.76. The second kappa shape index (κ2) is 9.29. The van der Waals surface area contributed by atoms with Crippen LogP contribution in [0.3, 0.4) is 0 Å². The quantitative estimate of drug-likeness (QED) is 0.729. The summed E-state index contributed by atoms with van der Waals surface area (Å²) in [5, 5.41) is 5.48. The molecule has 2 aromatic carbocycles. The first-order chi connectivity index (χ1) is 11.7. The van der Waals surface area contributed by atoms with Crippen LogP contribution in [0.4, 0.5) is 10.5 Å². The van der Waals surface area contributed by atoms with Crippen LogP contribution in [-0.4, -0.2) is 32.9 Å². The minimum absolute atomic E-state index is 0.284. The van der Waals surface area contributed by atoms with Crippen molar-refractivity contribution in [1.29, 1.82) is 0 Å². The van der Waals surface area contributed by atoms with E-state index in [-0.39, 0.29) is 6.03 Å². The first-order valence-corrected chi connectivity index (χ1v) is 7.76. The largest absolute Gasteiger partial charge is 0.497 e. The number of urea groups is 1. The van der Waals surface area contributed by atoms with Crippen LogP contribution in [0.2, 0.25) is 0 Å². The Bertz CT molecular complexity index is 644. The predicted octanol–water partition coefficient (Wildman–Crippen LogP) is 3.29. The molecule has 0 saturated heterocycles. The van der Waals surface area contributed by atoms with Crippen LogP contribution >= 0.6 is 0 Å². The number of hydrogen-bond donors (Lipinski definition) is 2. The van der Waals surface area contributed by atoms with Gasteiger partial charge in [0.05, 0.1) is 20.3 Å². The minimum atomic E-state index is -0.284. The maximum atomic E-state index is 11.8. The van der Waals surface area contributed by atoms with Gasteiger partial charge in [-0.15, -0.1) is 0 Å². The van der Waals surface area contributed by atoms with Crippen LogP contribution in [0.25, 0.3) is 0 Å². The summed E-state index contributed by atoms with van der Waals surface area (Å²) in [5.41, 5.74) is 0.699. The number of benzene rings is 2. The molecule has 0 spiro atoms. The molecule has 0 fully saturated rings. The van der Waals surface area contributed by atoms with E-state index in [2.05, 4.69) is 10.6 Å². The average molecular weight is 330 g/mol. The molecule has 0 aromatic heterocycles. The van der Waals surface area contributed by atoms with Crippen LogP contribution < -0.4 is 24.8 Å². The van der Waals surface area contributed by atoms with E-state index in [4.69, 9.17) is 14.2 Å². The molecule has 0 saturated carbocycles. The van der Waals surface area contributed by atoms with Gasteiger partial charge in [0.2, 0.25) is 0 Å². The molecule has 2 N–H and O–H groups in total. The van der Waals surface area contributed by atoms with E-state index < -0.39 is 0 Å². The molecule has 0 unspecified atom stereocenters. The summed E-state index contributed by atoms with van der Waals surface area (Å²) in [4.78, 5) is 11.8. The second-order valence-corrected chi connectivity index (χ2v) is 4.87. The zero-order valence-electron chi connectivity index (χ0n) is 13.9. The van der Waals surface area contributed by atoms with Crippen molar-refractivity contribution in [3.05, 3.63) is 48.5 Å². The van der Waals surface area contributed by atoms with Gasteiger partial charge in [-0.25, -0.2) is 4.79 Å².